The van der Waals surface area contributed by atoms with Crippen molar-refractivity contribution in [2.24, 2.45) is 0 Å². The second-order valence-corrected chi connectivity index (χ2v) is 8.80. The zero-order chi connectivity index (χ0) is 19.4. The van der Waals surface area contributed by atoms with Gasteiger partial charge in [-0.15, -0.1) is 0 Å². The Kier molecular flexibility index (Phi) is 6.46. The number of aliphatic hydroxyl groups is 1. The van der Waals surface area contributed by atoms with Crippen LogP contribution in [0.2, 0.25) is 0 Å². The topological polar surface area (TPSA) is 85.1 Å². The number of aromatic nitrogens is 3. The Bertz CT molecular complexity index is 828. The first kappa shape index (κ1) is 20.4. The predicted octanol–water partition coefficient (Wildman–Crippen LogP) is 2.44. The van der Waals surface area contributed by atoms with Crippen molar-refractivity contribution in [3.05, 3.63) is 48.1 Å². The summed E-state index contributed by atoms with van der Waals surface area (Å²) >= 11 is 0. The normalized spacial score (nSPS) is 15.6. The van der Waals surface area contributed by atoms with Crippen molar-refractivity contribution >= 4 is 9.84 Å². The molecule has 1 N–H and O–H groups in total. The number of halogens is 2. The summed E-state index contributed by atoms with van der Waals surface area (Å²) in [6.45, 7) is 2.95. The third kappa shape index (κ3) is 4.45. The molecule has 0 bridgehead atoms. The van der Waals surface area contributed by atoms with E-state index in [9.17, 15) is 22.3 Å². The third-order valence-corrected chi connectivity index (χ3v) is 6.84. The van der Waals surface area contributed by atoms with Crippen molar-refractivity contribution in [1.82, 2.24) is 14.8 Å². The predicted molar refractivity (Wildman–Crippen MR) is 93.1 cm³/mol. The third-order valence-electron chi connectivity index (χ3n) is 4.51. The first-order valence-electron chi connectivity index (χ1n) is 8.42. The van der Waals surface area contributed by atoms with Gasteiger partial charge in [0.2, 0.25) is 0 Å². The van der Waals surface area contributed by atoms with Gasteiger partial charge in [0.15, 0.2) is 9.84 Å². The molecule has 2 aromatic rings. The molecule has 0 saturated carbocycles. The van der Waals surface area contributed by atoms with Gasteiger partial charge in [0.1, 0.15) is 29.9 Å². The van der Waals surface area contributed by atoms with E-state index in [1.165, 1.54) is 24.3 Å². The summed E-state index contributed by atoms with van der Waals surface area (Å²) in [4.78, 5) is 3.76. The Morgan fingerprint density at radius 1 is 1.31 bits per heavy atom. The zero-order valence-electron chi connectivity index (χ0n) is 14.8. The Balaban J connectivity index is 2.46. The molecule has 2 rings (SSSR count). The van der Waals surface area contributed by atoms with Crippen molar-refractivity contribution in [3.8, 4) is 0 Å². The van der Waals surface area contributed by atoms with Crippen LogP contribution in [0.1, 0.15) is 38.7 Å². The Hall–Kier alpha value is -1.87. The minimum absolute atomic E-state index is 0.121. The molecule has 0 spiro atoms. The standard InChI is InChI=1S/C17H23F2N3O3S/c1-3-4-5-8-26(24,25)13(2)17(23,10-22-12-20-11-21-22)15-7-6-14(18)9-16(15)19/h6-7,9,11-13,23H,3-5,8,10H2,1-2H3/t13-,17-/m1/s1. The van der Waals surface area contributed by atoms with E-state index in [2.05, 4.69) is 10.1 Å². The summed E-state index contributed by atoms with van der Waals surface area (Å²) in [6, 6.07) is 2.68. The summed E-state index contributed by atoms with van der Waals surface area (Å²) in [6.07, 6.45) is 4.55. The molecular formula is C17H23F2N3O3S. The van der Waals surface area contributed by atoms with Crippen LogP contribution in [0.3, 0.4) is 0 Å². The van der Waals surface area contributed by atoms with Crippen LogP contribution in [0.5, 0.6) is 0 Å². The van der Waals surface area contributed by atoms with Crippen LogP contribution in [0, 0.1) is 11.6 Å². The van der Waals surface area contributed by atoms with Crippen molar-refractivity contribution in [1.29, 1.82) is 0 Å². The van der Waals surface area contributed by atoms with Crippen LogP contribution in [-0.2, 0) is 22.0 Å². The van der Waals surface area contributed by atoms with Gasteiger partial charge in [-0.3, -0.25) is 0 Å². The highest BCUT2D eigenvalue weighted by atomic mass is 32.2. The summed E-state index contributed by atoms with van der Waals surface area (Å²) in [5, 5.41) is 13.8. The molecule has 0 aliphatic heterocycles. The van der Waals surface area contributed by atoms with Crippen molar-refractivity contribution < 1.29 is 22.3 Å². The van der Waals surface area contributed by atoms with Crippen LogP contribution in [0.25, 0.3) is 0 Å². The van der Waals surface area contributed by atoms with E-state index in [1.54, 1.807) is 0 Å². The number of unbranched alkanes of at least 4 members (excludes halogenated alkanes) is 2. The van der Waals surface area contributed by atoms with E-state index in [0.29, 0.717) is 12.5 Å². The number of hydrogen-bond acceptors (Lipinski definition) is 5. The Morgan fingerprint density at radius 3 is 2.62 bits per heavy atom. The second kappa shape index (κ2) is 8.22. The minimum atomic E-state index is -3.74. The van der Waals surface area contributed by atoms with Crippen LogP contribution in [-0.4, -0.2) is 39.3 Å². The molecule has 6 nitrogen and oxygen atoms in total. The van der Waals surface area contributed by atoms with Crippen LogP contribution >= 0.6 is 0 Å². The molecule has 0 aliphatic carbocycles. The van der Waals surface area contributed by atoms with Gasteiger partial charge in [0, 0.05) is 11.6 Å². The maximum absolute atomic E-state index is 14.4. The SMILES string of the molecule is CCCCCS(=O)(=O)[C@H](C)[C@](O)(Cn1cncn1)c1ccc(F)cc1F. The van der Waals surface area contributed by atoms with Gasteiger partial charge in [-0.2, -0.15) is 5.10 Å². The molecule has 1 aromatic carbocycles. The molecular weight excluding hydrogens is 364 g/mol. The molecule has 144 valence electrons. The van der Waals surface area contributed by atoms with E-state index >= 15 is 0 Å². The number of rotatable bonds is 9. The second-order valence-electron chi connectivity index (χ2n) is 6.36. The first-order valence-corrected chi connectivity index (χ1v) is 10.1. The monoisotopic (exact) mass is 387 g/mol. The molecule has 26 heavy (non-hydrogen) atoms. The van der Waals surface area contributed by atoms with Crippen LogP contribution in [0.4, 0.5) is 8.78 Å². The fourth-order valence-corrected chi connectivity index (χ4v) is 4.62. The van der Waals surface area contributed by atoms with Crippen LogP contribution in [0.15, 0.2) is 30.9 Å². The Morgan fingerprint density at radius 2 is 2.04 bits per heavy atom. The fourth-order valence-electron chi connectivity index (χ4n) is 2.86. The highest BCUT2D eigenvalue weighted by Crippen LogP contribution is 2.34. The number of benzene rings is 1. The lowest BCUT2D eigenvalue weighted by molar-refractivity contribution is 0.0110. The van der Waals surface area contributed by atoms with Gasteiger partial charge < -0.3 is 5.11 Å². The van der Waals surface area contributed by atoms with Crippen molar-refractivity contribution in [2.75, 3.05) is 5.75 Å². The van der Waals surface area contributed by atoms with Gasteiger partial charge >= 0.3 is 0 Å². The molecule has 1 aromatic heterocycles. The number of sulfone groups is 1. The summed E-state index contributed by atoms with van der Waals surface area (Å²) < 4.78 is 54.4. The highest BCUT2D eigenvalue weighted by molar-refractivity contribution is 7.92. The molecule has 1 heterocycles. The lowest BCUT2D eigenvalue weighted by Gasteiger charge is -2.34. The van der Waals surface area contributed by atoms with Crippen molar-refractivity contribution in [3.63, 3.8) is 0 Å². The lowest BCUT2D eigenvalue weighted by Crippen LogP contribution is -2.47. The molecule has 0 aliphatic rings. The van der Waals surface area contributed by atoms with Crippen molar-refractivity contribution in [2.45, 2.75) is 50.5 Å². The quantitative estimate of drug-likeness (QED) is 0.668. The van der Waals surface area contributed by atoms with E-state index < -0.39 is 32.3 Å². The molecule has 0 fully saturated rings. The summed E-state index contributed by atoms with van der Waals surface area (Å²) in [5.74, 6) is -1.94. The van der Waals surface area contributed by atoms with Gasteiger partial charge in [0.25, 0.3) is 0 Å². The smallest absolute Gasteiger partial charge is 0.156 e. The van der Waals surface area contributed by atoms with E-state index in [4.69, 9.17) is 0 Å². The molecule has 0 radical (unpaired) electrons. The highest BCUT2D eigenvalue weighted by Gasteiger charge is 2.45. The average Bonchev–Trinajstić information content (AvgIpc) is 3.06. The Labute approximate surface area is 151 Å². The number of nitrogens with zero attached hydrogens (tertiary/aromatic N) is 3. The van der Waals surface area contributed by atoms with Crippen LogP contribution < -0.4 is 0 Å². The molecule has 0 saturated heterocycles. The lowest BCUT2D eigenvalue weighted by atomic mass is 9.90. The maximum atomic E-state index is 14.4. The molecule has 0 amide bonds. The zero-order valence-corrected chi connectivity index (χ0v) is 15.6. The van der Waals surface area contributed by atoms with E-state index in [0.717, 1.165) is 25.0 Å². The first-order chi connectivity index (χ1) is 12.2. The summed E-state index contributed by atoms with van der Waals surface area (Å²) in [5.41, 5.74) is -2.42. The fraction of sp³-hybridized carbons (Fsp3) is 0.529. The van der Waals surface area contributed by atoms with Gasteiger partial charge in [-0.1, -0.05) is 25.8 Å². The summed E-state index contributed by atoms with van der Waals surface area (Å²) in [7, 11) is -3.74. The maximum Gasteiger partial charge on any atom is 0.156 e. The van der Waals surface area contributed by atoms with E-state index in [-0.39, 0.29) is 17.9 Å². The minimum Gasteiger partial charge on any atom is -0.382 e. The van der Waals surface area contributed by atoms with Gasteiger partial charge in [-0.05, 0) is 19.4 Å². The van der Waals surface area contributed by atoms with Gasteiger partial charge in [-0.25, -0.2) is 26.9 Å². The number of hydrogen-bond donors (Lipinski definition) is 1. The molecule has 0 unspecified atom stereocenters. The molecule has 9 heteroatoms. The van der Waals surface area contributed by atoms with Gasteiger partial charge in [0.05, 0.1) is 17.5 Å². The average molecular weight is 387 g/mol. The van der Waals surface area contributed by atoms with E-state index in [1.807, 2.05) is 6.92 Å². The largest absolute Gasteiger partial charge is 0.382 e. The molecule has 2 atom stereocenters.